The normalized spacial score (nSPS) is 11.2. The van der Waals surface area contributed by atoms with Crippen LogP contribution in [0.5, 0.6) is 0 Å². The van der Waals surface area contributed by atoms with Crippen LogP contribution in [0.1, 0.15) is 11.3 Å². The van der Waals surface area contributed by atoms with Crippen molar-refractivity contribution in [3.8, 4) is 0 Å². The van der Waals surface area contributed by atoms with Gasteiger partial charge >= 0.3 is 0 Å². The molecule has 0 fully saturated rings. The number of hydrogen-bond donors (Lipinski definition) is 1. The van der Waals surface area contributed by atoms with Crippen molar-refractivity contribution in [1.82, 2.24) is 9.38 Å². The number of nitrogens with one attached hydrogen (secondary N) is 1. The molecule has 122 valence electrons. The van der Waals surface area contributed by atoms with E-state index in [-0.39, 0.29) is 5.91 Å². The summed E-state index contributed by atoms with van der Waals surface area (Å²) in [6.45, 7) is 0.497. The minimum Gasteiger partial charge on any atom is -0.380 e. The molecule has 5 nitrogen and oxygen atoms in total. The average molecular weight is 342 g/mol. The third kappa shape index (κ3) is 3.64. The molecule has 0 aliphatic rings. The number of anilines is 1. The van der Waals surface area contributed by atoms with Gasteiger partial charge in [0.1, 0.15) is 5.65 Å². The van der Waals surface area contributed by atoms with Gasteiger partial charge in [-0.3, -0.25) is 9.20 Å². The Labute approximate surface area is 144 Å². The second-order valence-corrected chi connectivity index (χ2v) is 5.53. The molecule has 24 heavy (non-hydrogen) atoms. The van der Waals surface area contributed by atoms with Crippen molar-refractivity contribution in [1.29, 1.82) is 0 Å². The fraction of sp³-hybridized carbons (Fsp3) is 0.111. The van der Waals surface area contributed by atoms with E-state index in [0.29, 0.717) is 23.1 Å². The Morgan fingerprint density at radius 3 is 3.04 bits per heavy atom. The summed E-state index contributed by atoms with van der Waals surface area (Å²) in [5, 5.41) is 3.17. The standard InChI is InChI=1S/C18H16ClN3O2/c1-24-12-13-5-4-6-14(11-13)20-17(23)9-8-15-18(19)21-16-7-2-3-10-22(15)16/h2-11H,12H2,1H3,(H,20,23)/b9-8+. The van der Waals surface area contributed by atoms with Gasteiger partial charge < -0.3 is 10.1 Å². The van der Waals surface area contributed by atoms with Crippen LogP contribution < -0.4 is 5.32 Å². The van der Waals surface area contributed by atoms with Crippen LogP contribution in [-0.4, -0.2) is 22.4 Å². The first-order chi connectivity index (χ1) is 11.7. The highest BCUT2D eigenvalue weighted by molar-refractivity contribution is 6.31. The molecule has 0 atom stereocenters. The maximum absolute atomic E-state index is 12.1. The molecule has 6 heteroatoms. The highest BCUT2D eigenvalue weighted by Gasteiger charge is 2.07. The molecule has 1 N–H and O–H groups in total. The lowest BCUT2D eigenvalue weighted by atomic mass is 10.2. The third-order valence-corrected chi connectivity index (χ3v) is 3.70. The summed E-state index contributed by atoms with van der Waals surface area (Å²) in [6.07, 6.45) is 4.93. The van der Waals surface area contributed by atoms with Gasteiger partial charge in [0.25, 0.3) is 0 Å². The van der Waals surface area contributed by atoms with Crippen LogP contribution in [0.25, 0.3) is 11.7 Å². The second-order valence-electron chi connectivity index (χ2n) is 5.17. The van der Waals surface area contributed by atoms with Gasteiger partial charge in [0.2, 0.25) is 5.91 Å². The van der Waals surface area contributed by atoms with Crippen LogP contribution in [0.15, 0.2) is 54.7 Å². The molecular weight excluding hydrogens is 326 g/mol. The number of carbonyl (C=O) groups is 1. The summed E-state index contributed by atoms with van der Waals surface area (Å²) < 4.78 is 6.91. The van der Waals surface area contributed by atoms with Gasteiger partial charge in [-0.15, -0.1) is 0 Å². The molecule has 0 aliphatic heterocycles. The molecule has 0 radical (unpaired) electrons. The van der Waals surface area contributed by atoms with E-state index >= 15 is 0 Å². The second kappa shape index (κ2) is 7.29. The lowest BCUT2D eigenvalue weighted by Crippen LogP contribution is -2.08. The van der Waals surface area contributed by atoms with Gasteiger partial charge in [0, 0.05) is 25.1 Å². The molecule has 0 spiro atoms. The summed E-state index contributed by atoms with van der Waals surface area (Å²) in [5.41, 5.74) is 3.10. The quantitative estimate of drug-likeness (QED) is 0.718. The SMILES string of the molecule is COCc1cccc(NC(=O)/C=C/c2c(Cl)nc3ccccn23)c1. The first kappa shape index (κ1) is 16.2. The summed E-state index contributed by atoms with van der Waals surface area (Å²) in [4.78, 5) is 16.4. The number of fused-ring (bicyclic) bond motifs is 1. The first-order valence-corrected chi connectivity index (χ1v) is 7.74. The van der Waals surface area contributed by atoms with Gasteiger partial charge in [-0.1, -0.05) is 29.8 Å². The first-order valence-electron chi connectivity index (χ1n) is 7.37. The average Bonchev–Trinajstić information content (AvgIpc) is 2.89. The van der Waals surface area contributed by atoms with E-state index in [1.165, 1.54) is 6.08 Å². The Morgan fingerprint density at radius 1 is 1.33 bits per heavy atom. The van der Waals surface area contributed by atoms with Crippen LogP contribution in [0, 0.1) is 0 Å². The number of halogens is 1. The number of methoxy groups -OCH3 is 1. The largest absolute Gasteiger partial charge is 0.380 e. The smallest absolute Gasteiger partial charge is 0.248 e. The highest BCUT2D eigenvalue weighted by Crippen LogP contribution is 2.19. The molecule has 3 rings (SSSR count). The number of hydrogen-bond acceptors (Lipinski definition) is 3. The van der Waals surface area contributed by atoms with Crippen molar-refractivity contribution in [3.63, 3.8) is 0 Å². The molecule has 2 heterocycles. The zero-order valence-corrected chi connectivity index (χ0v) is 13.8. The Balaban J connectivity index is 1.75. The maximum Gasteiger partial charge on any atom is 0.248 e. The summed E-state index contributed by atoms with van der Waals surface area (Å²) >= 11 is 6.14. The monoisotopic (exact) mass is 341 g/mol. The Hall–Kier alpha value is -2.63. The number of amides is 1. The number of rotatable bonds is 5. The number of ether oxygens (including phenoxy) is 1. The van der Waals surface area contributed by atoms with Crippen molar-refractivity contribution in [2.75, 3.05) is 12.4 Å². The van der Waals surface area contributed by atoms with Crippen LogP contribution in [0.2, 0.25) is 5.15 Å². The molecule has 0 unspecified atom stereocenters. The lowest BCUT2D eigenvalue weighted by molar-refractivity contribution is -0.111. The number of benzene rings is 1. The van der Waals surface area contributed by atoms with E-state index < -0.39 is 0 Å². The minimum atomic E-state index is -0.244. The Kier molecular flexibility index (Phi) is 4.93. The number of imidazole rings is 1. The van der Waals surface area contributed by atoms with Gasteiger partial charge in [-0.25, -0.2) is 4.98 Å². The summed E-state index contributed by atoms with van der Waals surface area (Å²) in [7, 11) is 1.63. The molecule has 0 saturated heterocycles. The van der Waals surface area contributed by atoms with E-state index in [0.717, 1.165) is 11.2 Å². The fourth-order valence-corrected chi connectivity index (χ4v) is 2.62. The molecule has 2 aromatic heterocycles. The fourth-order valence-electron chi connectivity index (χ4n) is 2.38. The molecule has 0 saturated carbocycles. The Bertz CT molecular complexity index is 902. The van der Waals surface area contributed by atoms with Crippen LogP contribution >= 0.6 is 11.6 Å². The van der Waals surface area contributed by atoms with Crippen molar-refractivity contribution >= 4 is 34.9 Å². The highest BCUT2D eigenvalue weighted by atomic mass is 35.5. The molecule has 3 aromatic rings. The third-order valence-electron chi connectivity index (χ3n) is 3.42. The topological polar surface area (TPSA) is 55.6 Å². The number of carbonyl (C=O) groups excluding carboxylic acids is 1. The number of nitrogens with zero attached hydrogens (tertiary/aromatic N) is 2. The van der Waals surface area contributed by atoms with Crippen molar-refractivity contribution in [3.05, 3.63) is 71.1 Å². The van der Waals surface area contributed by atoms with Crippen LogP contribution in [0.4, 0.5) is 5.69 Å². The van der Waals surface area contributed by atoms with Crippen molar-refractivity contribution in [2.45, 2.75) is 6.61 Å². The molecule has 0 aliphatic carbocycles. The number of pyridine rings is 1. The van der Waals surface area contributed by atoms with Gasteiger partial charge in [-0.2, -0.15) is 0 Å². The Morgan fingerprint density at radius 2 is 2.21 bits per heavy atom. The van der Waals surface area contributed by atoms with E-state index in [4.69, 9.17) is 16.3 Å². The van der Waals surface area contributed by atoms with Gasteiger partial charge in [0.05, 0.1) is 12.3 Å². The van der Waals surface area contributed by atoms with Gasteiger partial charge in [-0.05, 0) is 35.9 Å². The molecule has 1 aromatic carbocycles. The minimum absolute atomic E-state index is 0.244. The van der Waals surface area contributed by atoms with Crippen LogP contribution in [0.3, 0.4) is 0 Å². The zero-order valence-electron chi connectivity index (χ0n) is 13.1. The number of aromatic nitrogens is 2. The van der Waals surface area contributed by atoms with Crippen molar-refractivity contribution in [2.24, 2.45) is 0 Å². The van der Waals surface area contributed by atoms with E-state index in [9.17, 15) is 4.79 Å². The van der Waals surface area contributed by atoms with Crippen molar-refractivity contribution < 1.29 is 9.53 Å². The molecule has 0 bridgehead atoms. The predicted molar refractivity (Wildman–Crippen MR) is 95.0 cm³/mol. The molecule has 1 amide bonds. The van der Waals surface area contributed by atoms with E-state index in [2.05, 4.69) is 10.3 Å². The molecular formula is C18H16ClN3O2. The van der Waals surface area contributed by atoms with E-state index in [1.807, 2.05) is 53.1 Å². The van der Waals surface area contributed by atoms with E-state index in [1.54, 1.807) is 13.2 Å². The predicted octanol–water partition coefficient (Wildman–Crippen LogP) is 3.79. The van der Waals surface area contributed by atoms with Crippen LogP contribution in [-0.2, 0) is 16.1 Å². The summed E-state index contributed by atoms with van der Waals surface area (Å²) in [5.74, 6) is -0.244. The van der Waals surface area contributed by atoms with Gasteiger partial charge in [0.15, 0.2) is 5.15 Å². The lowest BCUT2D eigenvalue weighted by Gasteiger charge is -2.05. The summed E-state index contributed by atoms with van der Waals surface area (Å²) in [6, 6.07) is 13.1. The maximum atomic E-state index is 12.1. The zero-order chi connectivity index (χ0) is 16.9.